The highest BCUT2D eigenvalue weighted by Gasteiger charge is 2.24. The Morgan fingerprint density at radius 3 is 2.71 bits per heavy atom. The molecule has 0 spiro atoms. The number of thiazole rings is 1. The zero-order valence-corrected chi connectivity index (χ0v) is 20.0. The predicted molar refractivity (Wildman–Crippen MR) is 128 cm³/mol. The molecule has 0 bridgehead atoms. The lowest BCUT2D eigenvalue weighted by Crippen LogP contribution is -2.36. The van der Waals surface area contributed by atoms with Crippen molar-refractivity contribution < 1.29 is 22.3 Å². The van der Waals surface area contributed by atoms with Gasteiger partial charge in [-0.2, -0.15) is 4.57 Å². The van der Waals surface area contributed by atoms with Crippen LogP contribution in [0.4, 0.5) is 0 Å². The molecule has 162 valence electrons. The van der Waals surface area contributed by atoms with Crippen LogP contribution in [0.2, 0.25) is 0 Å². The van der Waals surface area contributed by atoms with E-state index in [-0.39, 0.29) is 12.2 Å². The molecule has 2 aromatic heterocycles. The van der Waals surface area contributed by atoms with Gasteiger partial charge in [0.15, 0.2) is 6.54 Å². The summed E-state index contributed by atoms with van der Waals surface area (Å²) >= 11 is 3.27. The van der Waals surface area contributed by atoms with E-state index in [1.807, 2.05) is 17.5 Å². The number of fused-ring (bicyclic) bond motifs is 3. The van der Waals surface area contributed by atoms with Crippen LogP contribution in [0.3, 0.4) is 0 Å². The second-order valence-electron chi connectivity index (χ2n) is 7.49. The Balaban J connectivity index is 1.85. The third-order valence-electron chi connectivity index (χ3n) is 5.23. The van der Waals surface area contributed by atoms with Crippen LogP contribution in [0.25, 0.3) is 32.5 Å². The highest BCUT2D eigenvalue weighted by molar-refractivity contribution is 7.85. The van der Waals surface area contributed by atoms with Crippen molar-refractivity contribution in [1.82, 2.24) is 0 Å². The van der Waals surface area contributed by atoms with Crippen molar-refractivity contribution in [2.45, 2.75) is 26.8 Å². The fourth-order valence-corrected chi connectivity index (χ4v) is 6.33. The van der Waals surface area contributed by atoms with Gasteiger partial charge in [0.1, 0.15) is 15.1 Å². The Labute approximate surface area is 190 Å². The molecular formula is C23H23NO4S3. The number of benzene rings is 2. The van der Waals surface area contributed by atoms with Crippen molar-refractivity contribution in [1.29, 1.82) is 0 Å². The number of aromatic nitrogens is 1. The minimum Gasteiger partial charge on any atom is -0.748 e. The molecule has 0 aliphatic rings. The first-order chi connectivity index (χ1) is 14.8. The van der Waals surface area contributed by atoms with E-state index in [1.54, 1.807) is 29.8 Å². The van der Waals surface area contributed by atoms with Crippen LogP contribution in [0.1, 0.15) is 28.1 Å². The molecule has 0 unspecified atom stereocenters. The SMILES string of the molecule is COc1cc2sc(/C=C/c3cc(C)ccc3C)[n+](CCCS(=O)(=O)[O-])c2c2sccc12. The summed E-state index contributed by atoms with van der Waals surface area (Å²) in [5.74, 6) is 0.450. The summed E-state index contributed by atoms with van der Waals surface area (Å²) in [4.78, 5) is 0. The van der Waals surface area contributed by atoms with E-state index in [1.165, 1.54) is 11.1 Å². The molecule has 8 heteroatoms. The first kappa shape index (κ1) is 22.0. The van der Waals surface area contributed by atoms with Crippen LogP contribution < -0.4 is 9.30 Å². The molecule has 4 rings (SSSR count). The third-order valence-corrected chi connectivity index (χ3v) is 8.03. The quantitative estimate of drug-likeness (QED) is 0.275. The molecule has 0 fully saturated rings. The van der Waals surface area contributed by atoms with Gasteiger partial charge in [0.05, 0.1) is 17.2 Å². The lowest BCUT2D eigenvalue weighted by molar-refractivity contribution is -0.667. The molecule has 2 heterocycles. The minimum atomic E-state index is -4.25. The van der Waals surface area contributed by atoms with Gasteiger partial charge in [-0.15, -0.1) is 11.3 Å². The number of ether oxygens (including phenoxy) is 1. The van der Waals surface area contributed by atoms with Crippen LogP contribution in [0.5, 0.6) is 5.75 Å². The first-order valence-corrected chi connectivity index (χ1v) is 13.1. The highest BCUT2D eigenvalue weighted by Crippen LogP contribution is 2.38. The lowest BCUT2D eigenvalue weighted by atomic mass is 10.1. The van der Waals surface area contributed by atoms with Gasteiger partial charge in [-0.3, -0.25) is 0 Å². The third kappa shape index (κ3) is 4.67. The van der Waals surface area contributed by atoms with Gasteiger partial charge in [0.25, 0.3) is 5.01 Å². The van der Waals surface area contributed by atoms with Gasteiger partial charge < -0.3 is 9.29 Å². The van der Waals surface area contributed by atoms with E-state index in [0.29, 0.717) is 6.54 Å². The molecule has 0 aliphatic carbocycles. The lowest BCUT2D eigenvalue weighted by Gasteiger charge is -2.05. The molecule has 31 heavy (non-hydrogen) atoms. The van der Waals surface area contributed by atoms with Crippen molar-refractivity contribution in [2.75, 3.05) is 12.9 Å². The summed E-state index contributed by atoms with van der Waals surface area (Å²) < 4.78 is 43.3. The molecule has 5 nitrogen and oxygen atoms in total. The largest absolute Gasteiger partial charge is 0.748 e. The predicted octanol–water partition coefficient (Wildman–Crippen LogP) is 5.13. The Bertz CT molecular complexity index is 1400. The normalized spacial score (nSPS) is 12.4. The maximum atomic E-state index is 11.2. The molecule has 0 radical (unpaired) electrons. The van der Waals surface area contributed by atoms with E-state index in [9.17, 15) is 13.0 Å². The van der Waals surface area contributed by atoms with Gasteiger partial charge in [0, 0.05) is 29.7 Å². The van der Waals surface area contributed by atoms with Crippen LogP contribution >= 0.6 is 22.7 Å². The maximum Gasteiger partial charge on any atom is 0.262 e. The second-order valence-corrected chi connectivity index (χ2v) is 11.0. The molecule has 2 aromatic carbocycles. The smallest absolute Gasteiger partial charge is 0.262 e. The van der Waals surface area contributed by atoms with E-state index < -0.39 is 10.1 Å². The summed E-state index contributed by atoms with van der Waals surface area (Å²) in [6.07, 6.45) is 4.44. The Kier molecular flexibility index (Phi) is 6.16. The van der Waals surface area contributed by atoms with E-state index in [2.05, 4.69) is 48.8 Å². The molecule has 0 saturated carbocycles. The maximum absolute atomic E-state index is 11.2. The zero-order chi connectivity index (χ0) is 22.2. The number of nitrogens with zero attached hydrogens (tertiary/aromatic N) is 1. The number of hydrogen-bond acceptors (Lipinski definition) is 6. The summed E-state index contributed by atoms with van der Waals surface area (Å²) in [5.41, 5.74) is 4.58. The van der Waals surface area contributed by atoms with Crippen molar-refractivity contribution in [3.8, 4) is 5.75 Å². The highest BCUT2D eigenvalue weighted by atomic mass is 32.2. The van der Waals surface area contributed by atoms with Gasteiger partial charge in [-0.1, -0.05) is 35.1 Å². The molecular weight excluding hydrogens is 450 g/mol. The van der Waals surface area contributed by atoms with Crippen LogP contribution in [-0.2, 0) is 16.7 Å². The number of hydrogen-bond donors (Lipinski definition) is 0. The average molecular weight is 474 g/mol. The van der Waals surface area contributed by atoms with Gasteiger partial charge in [-0.05, 0) is 42.5 Å². The monoisotopic (exact) mass is 473 g/mol. The molecule has 0 N–H and O–H groups in total. The standard InChI is InChI=1S/C23H23NO4S3/c1-15-5-6-16(2)17(13-15)7-8-21-24(10-4-12-31(25,26)27)22-20(30-21)14-19(28-3)18-9-11-29-23(18)22/h5-9,11,13-14H,4,10,12H2,1-3H3/b8-7+. The number of thiophene rings is 1. The van der Waals surface area contributed by atoms with Gasteiger partial charge in [0.2, 0.25) is 5.52 Å². The Morgan fingerprint density at radius 2 is 1.97 bits per heavy atom. The first-order valence-electron chi connectivity index (χ1n) is 9.86. The number of aryl methyl sites for hydroxylation is 3. The fraction of sp³-hybridized carbons (Fsp3) is 0.261. The minimum absolute atomic E-state index is 0.269. The van der Waals surface area contributed by atoms with Crippen LogP contribution in [0, 0.1) is 13.8 Å². The zero-order valence-electron chi connectivity index (χ0n) is 17.5. The molecule has 0 atom stereocenters. The van der Waals surface area contributed by atoms with Crippen molar-refractivity contribution in [3.63, 3.8) is 0 Å². The molecule has 0 amide bonds. The topological polar surface area (TPSA) is 70.3 Å². The second kappa shape index (κ2) is 8.70. The Hall–Kier alpha value is -2.26. The average Bonchev–Trinajstić information content (AvgIpc) is 3.31. The van der Waals surface area contributed by atoms with E-state index in [0.717, 1.165) is 36.6 Å². The van der Waals surface area contributed by atoms with Crippen molar-refractivity contribution in [2.24, 2.45) is 0 Å². The summed E-state index contributed by atoms with van der Waals surface area (Å²) in [6.45, 7) is 4.60. The van der Waals surface area contributed by atoms with Crippen LogP contribution in [-0.4, -0.2) is 25.8 Å². The number of methoxy groups -OCH3 is 1. The van der Waals surface area contributed by atoms with Crippen molar-refractivity contribution >= 4 is 65.2 Å². The van der Waals surface area contributed by atoms with Crippen molar-refractivity contribution in [3.05, 3.63) is 57.4 Å². The molecule has 4 aromatic rings. The van der Waals surface area contributed by atoms with E-state index in [4.69, 9.17) is 4.74 Å². The van der Waals surface area contributed by atoms with Gasteiger partial charge >= 0.3 is 0 Å². The van der Waals surface area contributed by atoms with Gasteiger partial charge in [-0.25, -0.2) is 8.42 Å². The summed E-state index contributed by atoms with van der Waals surface area (Å²) in [7, 11) is -2.58. The number of rotatable bonds is 7. The fourth-order valence-electron chi connectivity index (χ4n) is 3.69. The van der Waals surface area contributed by atoms with Crippen LogP contribution in [0.15, 0.2) is 35.7 Å². The Morgan fingerprint density at radius 1 is 1.16 bits per heavy atom. The summed E-state index contributed by atoms with van der Waals surface area (Å²) in [6, 6.07) is 10.4. The molecule has 0 aliphatic heterocycles. The van der Waals surface area contributed by atoms with E-state index >= 15 is 0 Å². The summed E-state index contributed by atoms with van der Waals surface area (Å²) in [5, 5.41) is 4.07. The molecule has 0 saturated heterocycles.